The van der Waals surface area contributed by atoms with Crippen LogP contribution in [-0.4, -0.2) is 82.4 Å². The van der Waals surface area contributed by atoms with Crippen LogP contribution in [0.1, 0.15) is 62.6 Å². The zero-order chi connectivity index (χ0) is 32.4. The van der Waals surface area contributed by atoms with E-state index in [1.54, 1.807) is 6.92 Å². The van der Waals surface area contributed by atoms with E-state index < -0.39 is 24.2 Å². The second-order valence-electron chi connectivity index (χ2n) is 13.0. The molecule has 2 aliphatic heterocycles. The molecule has 2 aromatic heterocycles. The van der Waals surface area contributed by atoms with Gasteiger partial charge in [0.15, 0.2) is 0 Å². The van der Waals surface area contributed by atoms with Gasteiger partial charge in [0, 0.05) is 34.6 Å². The minimum Gasteiger partial charge on any atom is -0.395 e. The summed E-state index contributed by atoms with van der Waals surface area (Å²) < 4.78 is 69.2. The zero-order valence-corrected chi connectivity index (χ0v) is 26.6. The smallest absolute Gasteiger partial charge is 0.395 e. The maximum absolute atomic E-state index is 14.3. The molecule has 1 aromatic carbocycles. The minimum absolute atomic E-state index is 0.134. The summed E-state index contributed by atoms with van der Waals surface area (Å²) in [7, 11) is 0. The number of rotatable bonds is 12. The molecule has 0 radical (unpaired) electrons. The van der Waals surface area contributed by atoms with Gasteiger partial charge in [-0.25, -0.2) is 0 Å². The molecule has 2 fully saturated rings. The lowest BCUT2D eigenvalue weighted by Gasteiger charge is -2.33. The summed E-state index contributed by atoms with van der Waals surface area (Å²) in [4.78, 5) is 19.5. The first-order valence-electron chi connectivity index (χ1n) is 16.2. The Kier molecular flexibility index (Phi) is 10.8. The molecule has 0 saturated carbocycles. The molecular weight excluding hydrogens is 615 g/mol. The predicted molar refractivity (Wildman–Crippen MR) is 168 cm³/mol. The largest absolute Gasteiger partial charge is 0.455 e. The SMILES string of the molecule is Cc1c(CCCN2CCC(CCCC3CCN(CCO)CC3)CC2)c2c3c(Cl)cc(=O)[nH]c3ccc2n1CC(F)(F)C(F)(F)F. The summed E-state index contributed by atoms with van der Waals surface area (Å²) in [6, 6.07) is 4.19. The topological polar surface area (TPSA) is 64.5 Å². The zero-order valence-electron chi connectivity index (χ0n) is 25.9. The van der Waals surface area contributed by atoms with Gasteiger partial charge in [0.25, 0.3) is 0 Å². The molecule has 45 heavy (non-hydrogen) atoms. The number of nitrogens with zero attached hydrogens (tertiary/aromatic N) is 3. The number of hydrogen-bond acceptors (Lipinski definition) is 4. The molecule has 0 unspecified atom stereocenters. The van der Waals surface area contributed by atoms with Crippen LogP contribution in [0.4, 0.5) is 22.0 Å². The van der Waals surface area contributed by atoms with Gasteiger partial charge < -0.3 is 24.5 Å². The Labute approximate surface area is 265 Å². The van der Waals surface area contributed by atoms with Crippen LogP contribution < -0.4 is 5.56 Å². The number of aryl methyl sites for hydroxylation is 1. The molecular formula is C33H44ClF5N4O2. The summed E-state index contributed by atoms with van der Waals surface area (Å²) in [6.45, 7) is 6.05. The van der Waals surface area contributed by atoms with E-state index in [1.165, 1.54) is 50.3 Å². The standard InChI is InChI=1S/C33H44ClF5N4O2/c1-22-25(6-3-13-41-14-9-23(10-15-41)4-2-5-24-11-16-42(17-12-24)18-19-44)30-28(43(22)21-32(35,36)33(37,38)39)8-7-27-31(30)26(34)20-29(45)40-27/h7-8,20,23-24,44H,2-6,9-19,21H2,1H3,(H,40,45). The van der Waals surface area contributed by atoms with Crippen molar-refractivity contribution in [2.45, 2.75) is 83.4 Å². The van der Waals surface area contributed by atoms with Gasteiger partial charge in [-0.2, -0.15) is 22.0 Å². The third kappa shape index (κ3) is 7.85. The Morgan fingerprint density at radius 2 is 1.51 bits per heavy atom. The average Bonchev–Trinajstić information content (AvgIpc) is 3.23. The van der Waals surface area contributed by atoms with E-state index in [-0.39, 0.29) is 17.1 Å². The normalized spacial score (nSPS) is 18.5. The van der Waals surface area contributed by atoms with Crippen molar-refractivity contribution in [3.05, 3.63) is 44.8 Å². The van der Waals surface area contributed by atoms with Crippen LogP contribution in [0.2, 0.25) is 5.02 Å². The molecule has 0 spiro atoms. The fourth-order valence-corrected chi connectivity index (χ4v) is 7.76. The van der Waals surface area contributed by atoms with Gasteiger partial charge in [0.05, 0.1) is 23.7 Å². The predicted octanol–water partition coefficient (Wildman–Crippen LogP) is 7.16. The number of alkyl halides is 5. The molecule has 2 aliphatic rings. The number of β-amino-alcohol motifs (C(OH)–C–C–N with tert-alkyl or cyclic N) is 1. The number of halogens is 6. The van der Waals surface area contributed by atoms with Gasteiger partial charge in [-0.05, 0) is 108 Å². The van der Waals surface area contributed by atoms with Gasteiger partial charge in [-0.15, -0.1) is 0 Å². The summed E-state index contributed by atoms with van der Waals surface area (Å²) in [5, 5.41) is 10.2. The average molecular weight is 659 g/mol. The molecule has 0 amide bonds. The Balaban J connectivity index is 1.20. The van der Waals surface area contributed by atoms with Gasteiger partial charge in [-0.1, -0.05) is 30.9 Å². The van der Waals surface area contributed by atoms with Crippen LogP contribution >= 0.6 is 11.6 Å². The molecule has 5 rings (SSSR count). The Morgan fingerprint density at radius 3 is 2.09 bits per heavy atom. The van der Waals surface area contributed by atoms with Crippen molar-refractivity contribution in [3.8, 4) is 0 Å². The van der Waals surface area contributed by atoms with Crippen molar-refractivity contribution in [3.63, 3.8) is 0 Å². The number of hydrogen-bond donors (Lipinski definition) is 2. The van der Waals surface area contributed by atoms with Crippen molar-refractivity contribution >= 4 is 33.4 Å². The molecule has 4 heterocycles. The number of aromatic nitrogens is 2. The molecule has 6 nitrogen and oxygen atoms in total. The van der Waals surface area contributed by atoms with Gasteiger partial charge in [-0.3, -0.25) is 4.79 Å². The summed E-state index contributed by atoms with van der Waals surface area (Å²) in [5.74, 6) is -3.39. The van der Waals surface area contributed by atoms with Crippen molar-refractivity contribution in [1.29, 1.82) is 0 Å². The van der Waals surface area contributed by atoms with E-state index in [1.807, 2.05) is 0 Å². The van der Waals surface area contributed by atoms with Crippen LogP contribution in [0, 0.1) is 18.8 Å². The quantitative estimate of drug-likeness (QED) is 0.203. The first-order valence-corrected chi connectivity index (χ1v) is 16.6. The van der Waals surface area contributed by atoms with Crippen LogP contribution in [0.5, 0.6) is 0 Å². The van der Waals surface area contributed by atoms with Gasteiger partial charge in [0.1, 0.15) is 0 Å². The highest BCUT2D eigenvalue weighted by atomic mass is 35.5. The van der Waals surface area contributed by atoms with E-state index in [9.17, 15) is 26.7 Å². The first kappa shape index (κ1) is 34.1. The Hall–Kier alpha value is -2.21. The fraction of sp³-hybridized carbons (Fsp3) is 0.667. The molecule has 0 bridgehead atoms. The molecule has 250 valence electrons. The highest BCUT2D eigenvalue weighted by molar-refractivity contribution is 6.37. The summed E-state index contributed by atoms with van der Waals surface area (Å²) in [6.07, 6.45) is 4.05. The number of benzene rings is 1. The minimum atomic E-state index is -5.68. The van der Waals surface area contributed by atoms with Crippen molar-refractivity contribution in [1.82, 2.24) is 19.4 Å². The third-order valence-electron chi connectivity index (χ3n) is 10.1. The first-order chi connectivity index (χ1) is 21.4. The van der Waals surface area contributed by atoms with E-state index in [2.05, 4.69) is 14.8 Å². The number of piperidine rings is 2. The van der Waals surface area contributed by atoms with Crippen LogP contribution in [0.3, 0.4) is 0 Å². The highest BCUT2D eigenvalue weighted by Crippen LogP contribution is 2.41. The number of likely N-dealkylation sites (tertiary alicyclic amines) is 2. The van der Waals surface area contributed by atoms with Crippen molar-refractivity contribution < 1.29 is 27.1 Å². The van der Waals surface area contributed by atoms with Crippen LogP contribution in [0.15, 0.2) is 23.0 Å². The van der Waals surface area contributed by atoms with Gasteiger partial charge in [0.2, 0.25) is 5.56 Å². The number of aliphatic hydroxyl groups excluding tert-OH is 1. The number of aliphatic hydroxyl groups is 1. The number of pyridine rings is 1. The lowest BCUT2D eigenvalue weighted by Crippen LogP contribution is -2.40. The van der Waals surface area contributed by atoms with Crippen molar-refractivity contribution in [2.75, 3.05) is 45.9 Å². The number of aromatic amines is 1. The fourth-order valence-electron chi connectivity index (χ4n) is 7.47. The Bertz CT molecular complexity index is 1500. The molecule has 12 heteroatoms. The molecule has 0 aliphatic carbocycles. The number of nitrogens with one attached hydrogen (secondary N) is 1. The molecule has 2 N–H and O–H groups in total. The Morgan fingerprint density at radius 1 is 0.911 bits per heavy atom. The number of H-pyrrole nitrogens is 1. The molecule has 2 saturated heterocycles. The molecule has 0 atom stereocenters. The lowest BCUT2D eigenvalue weighted by atomic mass is 9.87. The highest BCUT2D eigenvalue weighted by Gasteiger charge is 2.57. The lowest BCUT2D eigenvalue weighted by molar-refractivity contribution is -0.286. The van der Waals surface area contributed by atoms with E-state index >= 15 is 0 Å². The maximum Gasteiger partial charge on any atom is 0.455 e. The van der Waals surface area contributed by atoms with Gasteiger partial charge >= 0.3 is 12.1 Å². The van der Waals surface area contributed by atoms with Crippen molar-refractivity contribution in [2.24, 2.45) is 11.8 Å². The monoisotopic (exact) mass is 658 g/mol. The third-order valence-corrected chi connectivity index (χ3v) is 10.4. The van der Waals surface area contributed by atoms with Crippen LogP contribution in [0.25, 0.3) is 21.8 Å². The van der Waals surface area contributed by atoms with Crippen LogP contribution in [-0.2, 0) is 13.0 Å². The second kappa shape index (κ2) is 14.3. The summed E-state index contributed by atoms with van der Waals surface area (Å²) >= 11 is 6.47. The number of fused-ring (bicyclic) bond motifs is 3. The van der Waals surface area contributed by atoms with E-state index in [0.717, 1.165) is 68.5 Å². The summed E-state index contributed by atoms with van der Waals surface area (Å²) in [5.41, 5.74) is 1.26. The maximum atomic E-state index is 14.3. The van der Waals surface area contributed by atoms with E-state index in [0.29, 0.717) is 40.4 Å². The van der Waals surface area contributed by atoms with E-state index in [4.69, 9.17) is 16.7 Å². The second-order valence-corrected chi connectivity index (χ2v) is 13.5. The molecule has 3 aromatic rings.